The highest BCUT2D eigenvalue weighted by molar-refractivity contribution is 5.97. The van der Waals surface area contributed by atoms with Gasteiger partial charge in [-0.05, 0) is 43.5 Å². The van der Waals surface area contributed by atoms with Crippen LogP contribution < -0.4 is 10.1 Å². The molecule has 1 aliphatic heterocycles. The Morgan fingerprint density at radius 1 is 1.06 bits per heavy atom. The highest BCUT2D eigenvalue weighted by Gasteiger charge is 2.37. The Bertz CT molecular complexity index is 1030. The smallest absolute Gasteiger partial charge is 0.336 e. The molecule has 180 valence electrons. The zero-order valence-electron chi connectivity index (χ0n) is 20.0. The van der Waals surface area contributed by atoms with Crippen molar-refractivity contribution in [2.75, 3.05) is 19.7 Å². The van der Waals surface area contributed by atoms with Gasteiger partial charge in [-0.2, -0.15) is 0 Å². The largest absolute Gasteiger partial charge is 0.489 e. The van der Waals surface area contributed by atoms with Crippen molar-refractivity contribution in [2.24, 2.45) is 0 Å². The van der Waals surface area contributed by atoms with Crippen LogP contribution in [-0.4, -0.2) is 42.4 Å². The number of allylic oxidation sites excluding steroid dienone is 1. The predicted molar refractivity (Wildman–Crippen MR) is 129 cm³/mol. The van der Waals surface area contributed by atoms with Crippen molar-refractivity contribution in [2.45, 2.75) is 46.1 Å². The fraction of sp³-hybridized carbons (Fsp3) is 0.370. The predicted octanol–water partition coefficient (Wildman–Crippen LogP) is 3.94. The molecule has 1 atom stereocenters. The van der Waals surface area contributed by atoms with Crippen LogP contribution in [0.2, 0.25) is 0 Å². The average Bonchev–Trinajstić information content (AvgIpc) is 2.84. The molecule has 2 amide bonds. The molecule has 7 nitrogen and oxygen atoms in total. The minimum absolute atomic E-state index is 0.0801. The Labute approximate surface area is 200 Å². The van der Waals surface area contributed by atoms with Crippen LogP contribution in [0.15, 0.2) is 65.9 Å². The van der Waals surface area contributed by atoms with Crippen LogP contribution in [0.4, 0.5) is 0 Å². The van der Waals surface area contributed by atoms with E-state index in [2.05, 4.69) is 5.32 Å². The third-order valence-corrected chi connectivity index (χ3v) is 5.72. The van der Waals surface area contributed by atoms with Crippen molar-refractivity contribution in [3.63, 3.8) is 0 Å². The van der Waals surface area contributed by atoms with E-state index in [4.69, 9.17) is 9.47 Å². The Hall–Kier alpha value is -3.61. The molecule has 0 saturated carbocycles. The number of nitrogens with one attached hydrogen (secondary N) is 1. The fourth-order valence-corrected chi connectivity index (χ4v) is 3.96. The van der Waals surface area contributed by atoms with Crippen LogP contribution >= 0.6 is 0 Å². The molecule has 3 rings (SSSR count). The van der Waals surface area contributed by atoms with E-state index in [0.717, 1.165) is 17.5 Å². The van der Waals surface area contributed by atoms with Gasteiger partial charge in [0, 0.05) is 24.6 Å². The summed E-state index contributed by atoms with van der Waals surface area (Å²) in [6.45, 7) is 6.48. The lowest BCUT2D eigenvalue weighted by molar-refractivity contribution is -0.141. The van der Waals surface area contributed by atoms with E-state index in [0.29, 0.717) is 30.2 Å². The molecule has 0 aliphatic carbocycles. The first-order chi connectivity index (χ1) is 16.4. The standard InChI is InChI=1S/C27H32N2O5/c1-4-15-28-24(30)17-29-19(3)26(27(32)33-5-2)23(16-25(29)31)21-11-13-22(14-12-21)34-18-20-9-7-6-8-10-20/h6-14,23H,4-5,15-18H2,1-3H3,(H,28,30). The summed E-state index contributed by atoms with van der Waals surface area (Å²) < 4.78 is 11.2. The van der Waals surface area contributed by atoms with Crippen LogP contribution in [0.5, 0.6) is 5.75 Å². The molecule has 1 heterocycles. The topological polar surface area (TPSA) is 84.9 Å². The molecule has 7 heteroatoms. The van der Waals surface area contributed by atoms with E-state index < -0.39 is 11.9 Å². The summed E-state index contributed by atoms with van der Waals surface area (Å²) in [6.07, 6.45) is 0.881. The maximum Gasteiger partial charge on any atom is 0.336 e. The van der Waals surface area contributed by atoms with Crippen molar-refractivity contribution in [1.29, 1.82) is 0 Å². The molecule has 1 aliphatic rings. The average molecular weight is 465 g/mol. The number of rotatable bonds is 10. The van der Waals surface area contributed by atoms with Gasteiger partial charge in [-0.25, -0.2) is 4.79 Å². The second kappa shape index (κ2) is 12.0. The molecule has 0 radical (unpaired) electrons. The first-order valence-electron chi connectivity index (χ1n) is 11.7. The highest BCUT2D eigenvalue weighted by Crippen LogP contribution is 2.37. The molecule has 0 fully saturated rings. The number of benzene rings is 2. The monoisotopic (exact) mass is 464 g/mol. The van der Waals surface area contributed by atoms with E-state index in [-0.39, 0.29) is 31.4 Å². The molecule has 1 N–H and O–H groups in total. The summed E-state index contributed by atoms with van der Waals surface area (Å²) in [7, 11) is 0. The molecule has 34 heavy (non-hydrogen) atoms. The van der Waals surface area contributed by atoms with Gasteiger partial charge in [0.15, 0.2) is 0 Å². The summed E-state index contributed by atoms with van der Waals surface area (Å²) in [5.74, 6) is -0.685. The molecular weight excluding hydrogens is 432 g/mol. The number of hydrogen-bond acceptors (Lipinski definition) is 5. The number of carbonyl (C=O) groups excluding carboxylic acids is 3. The van der Waals surface area contributed by atoms with E-state index in [1.165, 1.54) is 4.90 Å². The van der Waals surface area contributed by atoms with Gasteiger partial charge in [-0.15, -0.1) is 0 Å². The summed E-state index contributed by atoms with van der Waals surface area (Å²) >= 11 is 0. The molecule has 1 unspecified atom stereocenters. The summed E-state index contributed by atoms with van der Waals surface area (Å²) in [5, 5.41) is 2.78. The van der Waals surface area contributed by atoms with Crippen LogP contribution in [0, 0.1) is 0 Å². The van der Waals surface area contributed by atoms with Gasteiger partial charge >= 0.3 is 5.97 Å². The van der Waals surface area contributed by atoms with Gasteiger partial charge < -0.3 is 19.7 Å². The van der Waals surface area contributed by atoms with E-state index in [1.54, 1.807) is 13.8 Å². The minimum atomic E-state index is -0.471. The Balaban J connectivity index is 1.82. The van der Waals surface area contributed by atoms with Crippen molar-refractivity contribution in [1.82, 2.24) is 10.2 Å². The fourth-order valence-electron chi connectivity index (χ4n) is 3.96. The Kier molecular flexibility index (Phi) is 8.85. The van der Waals surface area contributed by atoms with E-state index in [1.807, 2.05) is 61.5 Å². The maximum absolute atomic E-state index is 13.0. The third kappa shape index (κ3) is 6.25. The van der Waals surface area contributed by atoms with Crippen molar-refractivity contribution >= 4 is 17.8 Å². The SMILES string of the molecule is CCCNC(=O)CN1C(=O)CC(c2ccc(OCc3ccccc3)cc2)C(C(=O)OCC)=C1C. The number of esters is 1. The lowest BCUT2D eigenvalue weighted by Crippen LogP contribution is -2.44. The first kappa shape index (κ1) is 25.0. The minimum Gasteiger partial charge on any atom is -0.489 e. The highest BCUT2D eigenvalue weighted by atomic mass is 16.5. The summed E-state index contributed by atoms with van der Waals surface area (Å²) in [6, 6.07) is 17.3. The lowest BCUT2D eigenvalue weighted by Gasteiger charge is -2.34. The van der Waals surface area contributed by atoms with Crippen LogP contribution in [0.1, 0.15) is 50.7 Å². The number of carbonyl (C=O) groups is 3. The number of ether oxygens (including phenoxy) is 2. The molecule has 0 saturated heterocycles. The van der Waals surface area contributed by atoms with Crippen LogP contribution in [0.25, 0.3) is 0 Å². The Morgan fingerprint density at radius 2 is 1.76 bits per heavy atom. The van der Waals surface area contributed by atoms with E-state index in [9.17, 15) is 14.4 Å². The van der Waals surface area contributed by atoms with Crippen LogP contribution in [0.3, 0.4) is 0 Å². The Morgan fingerprint density at radius 3 is 2.41 bits per heavy atom. The van der Waals surface area contributed by atoms with Gasteiger partial charge in [-0.3, -0.25) is 9.59 Å². The zero-order chi connectivity index (χ0) is 24.5. The number of hydrogen-bond donors (Lipinski definition) is 1. The third-order valence-electron chi connectivity index (χ3n) is 5.72. The summed E-state index contributed by atoms with van der Waals surface area (Å²) in [5.41, 5.74) is 2.74. The second-order valence-electron chi connectivity index (χ2n) is 8.15. The second-order valence-corrected chi connectivity index (χ2v) is 8.15. The molecule has 0 aromatic heterocycles. The molecule has 2 aromatic carbocycles. The molecule has 0 bridgehead atoms. The van der Waals surface area contributed by atoms with Crippen molar-refractivity contribution < 1.29 is 23.9 Å². The zero-order valence-corrected chi connectivity index (χ0v) is 20.0. The maximum atomic E-state index is 13.0. The quantitative estimate of drug-likeness (QED) is 0.539. The normalized spacial score (nSPS) is 15.8. The van der Waals surface area contributed by atoms with Crippen molar-refractivity contribution in [3.05, 3.63) is 77.0 Å². The molecule has 0 spiro atoms. The van der Waals surface area contributed by atoms with Gasteiger partial charge in [0.05, 0.1) is 12.2 Å². The lowest BCUT2D eigenvalue weighted by atomic mass is 9.83. The summed E-state index contributed by atoms with van der Waals surface area (Å²) in [4.78, 5) is 39.5. The number of nitrogens with zero attached hydrogens (tertiary/aromatic N) is 1. The first-order valence-corrected chi connectivity index (χ1v) is 11.7. The van der Waals surface area contributed by atoms with Gasteiger partial charge in [-0.1, -0.05) is 49.4 Å². The number of amides is 2. The molecular formula is C27H32N2O5. The van der Waals surface area contributed by atoms with E-state index >= 15 is 0 Å². The van der Waals surface area contributed by atoms with Gasteiger partial charge in [0.1, 0.15) is 18.9 Å². The van der Waals surface area contributed by atoms with Gasteiger partial charge in [0.25, 0.3) is 0 Å². The van der Waals surface area contributed by atoms with Gasteiger partial charge in [0.2, 0.25) is 11.8 Å². The molecule has 2 aromatic rings. The van der Waals surface area contributed by atoms with Crippen LogP contribution in [-0.2, 0) is 25.7 Å². The van der Waals surface area contributed by atoms with Crippen molar-refractivity contribution in [3.8, 4) is 5.75 Å².